The van der Waals surface area contributed by atoms with Crippen molar-refractivity contribution in [3.05, 3.63) is 28.8 Å². The number of halogens is 1. The van der Waals surface area contributed by atoms with Gasteiger partial charge in [0.2, 0.25) is 0 Å². The Kier molecular flexibility index (Phi) is 4.17. The molecule has 0 aliphatic rings. The summed E-state index contributed by atoms with van der Waals surface area (Å²) < 4.78 is 0. The van der Waals surface area contributed by atoms with Crippen molar-refractivity contribution in [3.8, 4) is 6.07 Å². The van der Waals surface area contributed by atoms with Crippen molar-refractivity contribution in [2.24, 2.45) is 0 Å². The molecular formula is C12H15ClN2O. The first-order chi connectivity index (χ1) is 7.56. The molecule has 0 heterocycles. The van der Waals surface area contributed by atoms with E-state index in [1.165, 1.54) is 0 Å². The van der Waals surface area contributed by atoms with Crippen LogP contribution < -0.4 is 5.32 Å². The molecule has 1 rings (SSSR count). The second-order valence-electron chi connectivity index (χ2n) is 3.97. The molecule has 0 saturated heterocycles. The zero-order valence-electron chi connectivity index (χ0n) is 9.42. The van der Waals surface area contributed by atoms with Crippen molar-refractivity contribution >= 4 is 17.3 Å². The fourth-order valence-corrected chi connectivity index (χ4v) is 1.52. The molecule has 0 spiro atoms. The minimum absolute atomic E-state index is 0.000875. The van der Waals surface area contributed by atoms with Crippen LogP contribution in [-0.2, 0) is 0 Å². The van der Waals surface area contributed by atoms with Crippen molar-refractivity contribution in [2.45, 2.75) is 25.8 Å². The topological polar surface area (TPSA) is 56.0 Å². The Morgan fingerprint density at radius 3 is 2.75 bits per heavy atom. The Hall–Kier alpha value is -1.24. The van der Waals surface area contributed by atoms with E-state index in [9.17, 15) is 5.11 Å². The largest absolute Gasteiger partial charge is 0.394 e. The van der Waals surface area contributed by atoms with Crippen molar-refractivity contribution in [1.29, 1.82) is 5.26 Å². The highest BCUT2D eigenvalue weighted by Crippen LogP contribution is 2.26. The third-order valence-corrected chi connectivity index (χ3v) is 3.01. The quantitative estimate of drug-likeness (QED) is 0.848. The minimum Gasteiger partial charge on any atom is -0.394 e. The molecule has 3 nitrogen and oxygen atoms in total. The first kappa shape index (κ1) is 12.8. The van der Waals surface area contributed by atoms with E-state index in [1.54, 1.807) is 18.2 Å². The second kappa shape index (κ2) is 5.20. The highest BCUT2D eigenvalue weighted by molar-refractivity contribution is 6.32. The smallest absolute Gasteiger partial charge is 0.103 e. The molecule has 4 heteroatoms. The molecule has 0 amide bonds. The van der Waals surface area contributed by atoms with Crippen LogP contribution in [0.5, 0.6) is 0 Å². The number of nitrogens with zero attached hydrogens (tertiary/aromatic N) is 1. The van der Waals surface area contributed by atoms with Crippen LogP contribution in [0.1, 0.15) is 25.8 Å². The van der Waals surface area contributed by atoms with Crippen molar-refractivity contribution in [2.75, 3.05) is 11.9 Å². The normalized spacial score (nSPS) is 13.9. The summed E-state index contributed by atoms with van der Waals surface area (Å²) in [5, 5.41) is 21.9. The van der Waals surface area contributed by atoms with Gasteiger partial charge in [-0.3, -0.25) is 0 Å². The van der Waals surface area contributed by atoms with Crippen molar-refractivity contribution in [1.82, 2.24) is 0 Å². The maximum atomic E-state index is 9.30. The maximum absolute atomic E-state index is 9.30. The van der Waals surface area contributed by atoms with Gasteiger partial charge in [-0.2, -0.15) is 5.26 Å². The fraction of sp³-hybridized carbons (Fsp3) is 0.417. The van der Waals surface area contributed by atoms with E-state index in [4.69, 9.17) is 16.9 Å². The van der Waals surface area contributed by atoms with Gasteiger partial charge in [-0.25, -0.2) is 0 Å². The highest BCUT2D eigenvalue weighted by atomic mass is 35.5. The standard InChI is InChI=1S/C12H15ClN2O/c1-3-12(2,8-16)15-11-6-4-5-10(13)9(11)7-14/h4-6,15-16H,3,8H2,1-2H3. The van der Waals surface area contributed by atoms with Gasteiger partial charge >= 0.3 is 0 Å². The number of anilines is 1. The molecule has 86 valence electrons. The van der Waals surface area contributed by atoms with E-state index in [-0.39, 0.29) is 6.61 Å². The van der Waals surface area contributed by atoms with Gasteiger partial charge in [0.05, 0.1) is 28.4 Å². The molecule has 1 atom stereocenters. The van der Waals surface area contributed by atoms with E-state index in [2.05, 4.69) is 11.4 Å². The summed E-state index contributed by atoms with van der Waals surface area (Å²) in [5.41, 5.74) is 0.640. The molecule has 0 radical (unpaired) electrons. The first-order valence-electron chi connectivity index (χ1n) is 5.14. The van der Waals surface area contributed by atoms with Crippen LogP contribution in [0.4, 0.5) is 5.69 Å². The lowest BCUT2D eigenvalue weighted by Crippen LogP contribution is -2.38. The maximum Gasteiger partial charge on any atom is 0.103 e. The highest BCUT2D eigenvalue weighted by Gasteiger charge is 2.22. The van der Waals surface area contributed by atoms with E-state index in [1.807, 2.05) is 13.8 Å². The summed E-state index contributed by atoms with van der Waals surface area (Å²) in [7, 11) is 0. The van der Waals surface area contributed by atoms with E-state index in [0.29, 0.717) is 16.3 Å². The molecule has 1 unspecified atom stereocenters. The lowest BCUT2D eigenvalue weighted by molar-refractivity contribution is 0.219. The number of hydrogen-bond donors (Lipinski definition) is 2. The Morgan fingerprint density at radius 1 is 1.56 bits per heavy atom. The second-order valence-corrected chi connectivity index (χ2v) is 4.38. The van der Waals surface area contributed by atoms with Crippen LogP contribution >= 0.6 is 11.6 Å². The molecule has 0 fully saturated rings. The molecule has 0 bridgehead atoms. The summed E-state index contributed by atoms with van der Waals surface area (Å²) in [4.78, 5) is 0. The van der Waals surface area contributed by atoms with E-state index < -0.39 is 5.54 Å². The third kappa shape index (κ3) is 2.66. The Labute approximate surface area is 101 Å². The molecular weight excluding hydrogens is 224 g/mol. The number of rotatable bonds is 4. The van der Waals surface area contributed by atoms with E-state index in [0.717, 1.165) is 6.42 Å². The Morgan fingerprint density at radius 2 is 2.25 bits per heavy atom. The Bertz CT molecular complexity index is 408. The number of aliphatic hydroxyl groups is 1. The lowest BCUT2D eigenvalue weighted by Gasteiger charge is -2.29. The van der Waals surface area contributed by atoms with Gasteiger partial charge in [-0.15, -0.1) is 0 Å². The van der Waals surface area contributed by atoms with Crippen LogP contribution in [0, 0.1) is 11.3 Å². The average Bonchev–Trinajstić information content (AvgIpc) is 2.29. The molecule has 0 aromatic heterocycles. The van der Waals surface area contributed by atoms with Crippen LogP contribution in [0.15, 0.2) is 18.2 Å². The zero-order chi connectivity index (χ0) is 12.2. The molecule has 0 aliphatic carbocycles. The number of nitrogens with one attached hydrogen (secondary N) is 1. The number of hydrogen-bond acceptors (Lipinski definition) is 3. The number of benzene rings is 1. The van der Waals surface area contributed by atoms with Crippen LogP contribution in [-0.4, -0.2) is 17.3 Å². The molecule has 0 saturated carbocycles. The zero-order valence-corrected chi connectivity index (χ0v) is 10.2. The molecule has 1 aromatic rings. The minimum atomic E-state index is -0.434. The summed E-state index contributed by atoms with van der Waals surface area (Å²) in [5.74, 6) is 0. The Balaban J connectivity index is 3.07. The predicted molar refractivity (Wildman–Crippen MR) is 65.6 cm³/mol. The summed E-state index contributed by atoms with van der Waals surface area (Å²) >= 11 is 5.92. The van der Waals surface area contributed by atoms with Gasteiger partial charge in [0.15, 0.2) is 0 Å². The van der Waals surface area contributed by atoms with Gasteiger partial charge < -0.3 is 10.4 Å². The molecule has 2 N–H and O–H groups in total. The van der Waals surface area contributed by atoms with Crippen LogP contribution in [0.2, 0.25) is 5.02 Å². The summed E-state index contributed by atoms with van der Waals surface area (Å²) in [6.45, 7) is 3.87. The van der Waals surface area contributed by atoms with Gasteiger partial charge in [-0.1, -0.05) is 24.6 Å². The van der Waals surface area contributed by atoms with Crippen LogP contribution in [0.3, 0.4) is 0 Å². The van der Waals surface area contributed by atoms with Crippen molar-refractivity contribution in [3.63, 3.8) is 0 Å². The lowest BCUT2D eigenvalue weighted by atomic mass is 9.99. The van der Waals surface area contributed by atoms with Crippen LogP contribution in [0.25, 0.3) is 0 Å². The molecule has 1 aromatic carbocycles. The van der Waals surface area contributed by atoms with E-state index >= 15 is 0 Å². The molecule has 16 heavy (non-hydrogen) atoms. The van der Waals surface area contributed by atoms with Gasteiger partial charge in [0, 0.05) is 0 Å². The summed E-state index contributed by atoms with van der Waals surface area (Å²) in [6, 6.07) is 7.30. The number of nitriles is 1. The fourth-order valence-electron chi connectivity index (χ4n) is 1.31. The molecule has 0 aliphatic heterocycles. The van der Waals surface area contributed by atoms with Gasteiger partial charge in [0.25, 0.3) is 0 Å². The first-order valence-corrected chi connectivity index (χ1v) is 5.52. The van der Waals surface area contributed by atoms with Crippen molar-refractivity contribution < 1.29 is 5.11 Å². The third-order valence-electron chi connectivity index (χ3n) is 2.69. The summed E-state index contributed by atoms with van der Waals surface area (Å²) in [6.07, 6.45) is 0.751. The van der Waals surface area contributed by atoms with Gasteiger partial charge in [-0.05, 0) is 25.5 Å². The predicted octanol–water partition coefficient (Wildman–Crippen LogP) is 2.78. The SMILES string of the molecule is CCC(C)(CO)Nc1cccc(Cl)c1C#N. The number of aliphatic hydroxyl groups excluding tert-OH is 1. The van der Waals surface area contributed by atoms with Gasteiger partial charge in [0.1, 0.15) is 6.07 Å². The monoisotopic (exact) mass is 238 g/mol. The average molecular weight is 239 g/mol.